The van der Waals surface area contributed by atoms with Gasteiger partial charge in [-0.25, -0.2) is 9.78 Å². The van der Waals surface area contributed by atoms with Crippen LogP contribution in [0.2, 0.25) is 0 Å². The van der Waals surface area contributed by atoms with Crippen molar-refractivity contribution in [1.29, 1.82) is 5.26 Å². The van der Waals surface area contributed by atoms with E-state index in [1.165, 1.54) is 4.57 Å². The highest BCUT2D eigenvalue weighted by atomic mass is 16.1. The van der Waals surface area contributed by atoms with Crippen molar-refractivity contribution in [3.8, 4) is 6.07 Å². The summed E-state index contributed by atoms with van der Waals surface area (Å²) >= 11 is 0. The molecule has 8 nitrogen and oxygen atoms in total. The third-order valence-corrected chi connectivity index (χ3v) is 4.63. The van der Waals surface area contributed by atoms with Gasteiger partial charge in [0.25, 0.3) is 0 Å². The molecule has 0 spiro atoms. The summed E-state index contributed by atoms with van der Waals surface area (Å²) in [6, 6.07) is 2.69. The number of rotatable bonds is 3. The van der Waals surface area contributed by atoms with Gasteiger partial charge in [0.15, 0.2) is 5.82 Å². The van der Waals surface area contributed by atoms with Gasteiger partial charge in [0, 0.05) is 38.8 Å². The molecule has 1 fully saturated rings. The van der Waals surface area contributed by atoms with Crippen molar-refractivity contribution in [3.63, 3.8) is 0 Å². The van der Waals surface area contributed by atoms with E-state index in [4.69, 9.17) is 5.26 Å². The van der Waals surface area contributed by atoms with E-state index >= 15 is 0 Å². The van der Waals surface area contributed by atoms with Crippen LogP contribution in [0.15, 0.2) is 4.79 Å². The summed E-state index contributed by atoms with van der Waals surface area (Å²) in [6.45, 7) is 8.46. The van der Waals surface area contributed by atoms with Crippen molar-refractivity contribution in [1.82, 2.24) is 24.4 Å². The number of anilines is 1. The van der Waals surface area contributed by atoms with Gasteiger partial charge in [-0.1, -0.05) is 0 Å². The van der Waals surface area contributed by atoms with Crippen LogP contribution < -0.4 is 15.9 Å². The molecule has 3 heterocycles. The Morgan fingerprint density at radius 3 is 2.79 bits per heavy atom. The number of nitrogens with zero attached hydrogens (tertiary/aromatic N) is 6. The summed E-state index contributed by atoms with van der Waals surface area (Å²) < 4.78 is 3.45. The minimum absolute atomic E-state index is 0.212. The zero-order valence-electron chi connectivity index (χ0n) is 14.6. The number of imidazole rings is 1. The van der Waals surface area contributed by atoms with Gasteiger partial charge in [0.2, 0.25) is 0 Å². The minimum atomic E-state index is -0.297. The predicted molar refractivity (Wildman–Crippen MR) is 92.0 cm³/mol. The Bertz CT molecular complexity index is 860. The largest absolute Gasteiger partial charge is 0.350 e. The van der Waals surface area contributed by atoms with E-state index < -0.39 is 0 Å². The fourth-order valence-corrected chi connectivity index (χ4v) is 3.34. The maximum absolute atomic E-state index is 12.4. The van der Waals surface area contributed by atoms with E-state index in [9.17, 15) is 4.79 Å². The van der Waals surface area contributed by atoms with Crippen molar-refractivity contribution in [2.45, 2.75) is 45.8 Å². The standard InChI is InChI=1S/C16H23N7O/c1-5-22-12(6-7-17)19-13-14(20-16(24)21(4)15(13)22)23-9-10(2)18-8-11(23)3/h10-11,18H,5-6,8-9H2,1-4H3/t10-,11+/m1/s1. The molecule has 1 N–H and O–H groups in total. The van der Waals surface area contributed by atoms with Gasteiger partial charge >= 0.3 is 5.69 Å². The fourth-order valence-electron chi connectivity index (χ4n) is 3.34. The van der Waals surface area contributed by atoms with Crippen molar-refractivity contribution in [2.75, 3.05) is 18.0 Å². The Kier molecular flexibility index (Phi) is 4.28. The fraction of sp³-hybridized carbons (Fsp3) is 0.625. The van der Waals surface area contributed by atoms with Crippen molar-refractivity contribution < 1.29 is 0 Å². The second kappa shape index (κ2) is 6.24. The highest BCUT2D eigenvalue weighted by Gasteiger charge is 2.28. The van der Waals surface area contributed by atoms with Crippen LogP contribution in [0, 0.1) is 11.3 Å². The summed E-state index contributed by atoms with van der Waals surface area (Å²) in [5, 5.41) is 12.5. The molecule has 0 radical (unpaired) electrons. The Hall–Kier alpha value is -2.40. The molecule has 0 aliphatic carbocycles. The second-order valence-electron chi connectivity index (χ2n) is 6.37. The molecule has 0 aromatic carbocycles. The van der Waals surface area contributed by atoms with Crippen LogP contribution in [0.3, 0.4) is 0 Å². The molecule has 128 valence electrons. The number of hydrogen-bond donors (Lipinski definition) is 1. The molecule has 2 aromatic rings. The molecule has 1 aliphatic rings. The summed E-state index contributed by atoms with van der Waals surface area (Å²) in [5.41, 5.74) is 1.13. The first-order valence-corrected chi connectivity index (χ1v) is 8.31. The minimum Gasteiger partial charge on any atom is -0.349 e. The van der Waals surface area contributed by atoms with Crippen LogP contribution in [-0.4, -0.2) is 44.3 Å². The average molecular weight is 329 g/mol. The molecular formula is C16H23N7O. The average Bonchev–Trinajstić information content (AvgIpc) is 2.92. The lowest BCUT2D eigenvalue weighted by molar-refractivity contribution is 0.423. The summed E-state index contributed by atoms with van der Waals surface area (Å²) in [7, 11) is 1.70. The first kappa shape index (κ1) is 16.5. The molecule has 1 aliphatic heterocycles. The monoisotopic (exact) mass is 329 g/mol. The Balaban J connectivity index is 2.27. The van der Waals surface area contributed by atoms with Crippen LogP contribution in [0.4, 0.5) is 5.82 Å². The Morgan fingerprint density at radius 2 is 2.12 bits per heavy atom. The van der Waals surface area contributed by atoms with Gasteiger partial charge < -0.3 is 14.8 Å². The highest BCUT2D eigenvalue weighted by Crippen LogP contribution is 2.26. The van der Waals surface area contributed by atoms with E-state index in [0.717, 1.165) is 18.7 Å². The first-order valence-electron chi connectivity index (χ1n) is 8.31. The van der Waals surface area contributed by atoms with E-state index in [0.29, 0.717) is 29.7 Å². The normalized spacial score (nSPS) is 21.2. The first-order chi connectivity index (χ1) is 11.5. The van der Waals surface area contributed by atoms with Gasteiger partial charge in [-0.2, -0.15) is 10.2 Å². The van der Waals surface area contributed by atoms with E-state index in [2.05, 4.69) is 40.1 Å². The second-order valence-corrected chi connectivity index (χ2v) is 6.37. The third-order valence-electron chi connectivity index (χ3n) is 4.63. The van der Waals surface area contributed by atoms with Gasteiger partial charge in [-0.05, 0) is 20.8 Å². The molecule has 3 rings (SSSR count). The van der Waals surface area contributed by atoms with Gasteiger partial charge in [-0.3, -0.25) is 4.57 Å². The molecule has 2 atom stereocenters. The van der Waals surface area contributed by atoms with E-state index in [1.54, 1.807) is 7.05 Å². The molecule has 2 aromatic heterocycles. The predicted octanol–water partition coefficient (Wildman–Crippen LogP) is 0.403. The number of nitrogens with one attached hydrogen (secondary N) is 1. The Labute approximate surface area is 140 Å². The number of aromatic nitrogens is 4. The van der Waals surface area contributed by atoms with Gasteiger partial charge in [0.05, 0.1) is 12.5 Å². The van der Waals surface area contributed by atoms with Crippen LogP contribution in [0.1, 0.15) is 26.6 Å². The van der Waals surface area contributed by atoms with Crippen LogP contribution >= 0.6 is 0 Å². The van der Waals surface area contributed by atoms with Crippen molar-refractivity contribution in [3.05, 3.63) is 16.3 Å². The molecular weight excluding hydrogens is 306 g/mol. The van der Waals surface area contributed by atoms with Crippen LogP contribution in [-0.2, 0) is 20.0 Å². The molecule has 0 unspecified atom stereocenters. The number of aryl methyl sites for hydroxylation is 2. The summed E-state index contributed by atoms with van der Waals surface area (Å²) in [4.78, 5) is 23.5. The lowest BCUT2D eigenvalue weighted by atomic mass is 10.1. The van der Waals surface area contributed by atoms with Crippen LogP contribution in [0.5, 0.6) is 0 Å². The highest BCUT2D eigenvalue weighted by molar-refractivity contribution is 5.84. The third kappa shape index (κ3) is 2.55. The van der Waals surface area contributed by atoms with Crippen molar-refractivity contribution >= 4 is 17.0 Å². The summed E-state index contributed by atoms with van der Waals surface area (Å²) in [6.07, 6.45) is 0.212. The summed E-state index contributed by atoms with van der Waals surface area (Å²) in [5.74, 6) is 1.30. The molecule has 0 saturated carbocycles. The maximum Gasteiger partial charge on any atom is 0.350 e. The zero-order valence-corrected chi connectivity index (χ0v) is 14.6. The SMILES string of the molecule is CCn1c(CC#N)nc2c(N3C[C@@H](C)NC[C@@H]3C)nc(=O)n(C)c21. The molecule has 1 saturated heterocycles. The molecule has 0 amide bonds. The lowest BCUT2D eigenvalue weighted by Gasteiger charge is -2.38. The Morgan fingerprint density at radius 1 is 1.38 bits per heavy atom. The maximum atomic E-state index is 12.4. The van der Waals surface area contributed by atoms with Crippen LogP contribution in [0.25, 0.3) is 11.2 Å². The number of hydrogen-bond acceptors (Lipinski definition) is 6. The van der Waals surface area contributed by atoms with Gasteiger partial charge in [0.1, 0.15) is 17.0 Å². The zero-order chi connectivity index (χ0) is 17.4. The lowest BCUT2D eigenvalue weighted by Crippen LogP contribution is -2.55. The number of piperazine rings is 1. The topological polar surface area (TPSA) is 91.8 Å². The number of fused-ring (bicyclic) bond motifs is 1. The van der Waals surface area contributed by atoms with Crippen molar-refractivity contribution in [2.24, 2.45) is 7.05 Å². The quantitative estimate of drug-likeness (QED) is 0.876. The molecule has 8 heteroatoms. The number of nitriles is 1. The van der Waals surface area contributed by atoms with Gasteiger partial charge in [-0.15, -0.1) is 0 Å². The smallest absolute Gasteiger partial charge is 0.349 e. The molecule has 24 heavy (non-hydrogen) atoms. The van der Waals surface area contributed by atoms with E-state index in [1.807, 2.05) is 11.5 Å². The molecule has 0 bridgehead atoms. The van der Waals surface area contributed by atoms with E-state index in [-0.39, 0.29) is 18.2 Å².